The highest BCUT2D eigenvalue weighted by molar-refractivity contribution is 9.10. The Hall–Kier alpha value is -4.38. The van der Waals surface area contributed by atoms with E-state index < -0.39 is 24.4 Å². The lowest BCUT2D eigenvalue weighted by Crippen LogP contribution is -2.38. The van der Waals surface area contributed by atoms with E-state index in [-0.39, 0.29) is 18.1 Å². The normalized spacial score (nSPS) is 13.9. The molecule has 0 radical (unpaired) electrons. The van der Waals surface area contributed by atoms with Crippen molar-refractivity contribution in [3.05, 3.63) is 87.8 Å². The maximum atomic E-state index is 13.9. The predicted octanol–water partition coefficient (Wildman–Crippen LogP) is 4.72. The molecular weight excluding hydrogens is 561 g/mol. The fourth-order valence-corrected chi connectivity index (χ4v) is 4.09. The number of rotatable bonds is 9. The highest BCUT2D eigenvalue weighted by Gasteiger charge is 2.35. The minimum absolute atomic E-state index is 0.0175. The van der Waals surface area contributed by atoms with Crippen LogP contribution in [0.2, 0.25) is 0 Å². The van der Waals surface area contributed by atoms with Crippen LogP contribution in [0.4, 0.5) is 14.9 Å². The Kier molecular flexibility index (Phi) is 8.27. The van der Waals surface area contributed by atoms with Crippen LogP contribution in [0.15, 0.2) is 70.8 Å². The van der Waals surface area contributed by atoms with Gasteiger partial charge in [0, 0.05) is 10.0 Å². The van der Waals surface area contributed by atoms with Gasteiger partial charge in [0.05, 0.1) is 19.9 Å². The molecule has 0 aliphatic carbocycles. The van der Waals surface area contributed by atoms with Crippen LogP contribution < -0.4 is 24.8 Å². The molecule has 0 atom stereocenters. The van der Waals surface area contributed by atoms with Crippen LogP contribution in [0.1, 0.15) is 11.1 Å². The first kappa shape index (κ1) is 26.7. The molecule has 1 heterocycles. The number of methoxy groups -OCH3 is 2. The zero-order valence-electron chi connectivity index (χ0n) is 20.4. The molecule has 38 heavy (non-hydrogen) atoms. The number of carbonyl (C=O) groups excluding carboxylic acids is 3. The zero-order valence-corrected chi connectivity index (χ0v) is 22.0. The van der Waals surface area contributed by atoms with E-state index in [2.05, 4.69) is 26.6 Å². The SMILES string of the molecule is COc1ccccc1NC(=O)CN1C(=O)N/C(=C/c2cc(OC)c(OCc3ccccc3F)cc2Br)C1=O. The third-order valence-electron chi connectivity index (χ3n) is 5.57. The first-order valence-corrected chi connectivity index (χ1v) is 12.1. The van der Waals surface area contributed by atoms with E-state index in [1.807, 2.05) is 0 Å². The van der Waals surface area contributed by atoms with Crippen LogP contribution in [0.3, 0.4) is 0 Å². The number of nitrogens with zero attached hydrogens (tertiary/aromatic N) is 1. The van der Waals surface area contributed by atoms with Gasteiger partial charge in [-0.15, -0.1) is 0 Å². The molecule has 4 amide bonds. The lowest BCUT2D eigenvalue weighted by Gasteiger charge is -2.14. The average molecular weight is 584 g/mol. The molecule has 0 aromatic heterocycles. The molecule has 1 aliphatic heterocycles. The summed E-state index contributed by atoms with van der Waals surface area (Å²) in [4.78, 5) is 38.7. The van der Waals surface area contributed by atoms with Gasteiger partial charge in [0.1, 0.15) is 30.4 Å². The Bertz CT molecular complexity index is 1430. The number of nitrogens with one attached hydrogen (secondary N) is 2. The minimum atomic E-state index is -0.732. The van der Waals surface area contributed by atoms with E-state index in [1.54, 1.807) is 54.6 Å². The number of urea groups is 1. The molecule has 1 fully saturated rings. The highest BCUT2D eigenvalue weighted by Crippen LogP contribution is 2.35. The van der Waals surface area contributed by atoms with Crippen LogP contribution in [-0.4, -0.2) is 43.5 Å². The molecule has 3 aromatic carbocycles. The van der Waals surface area contributed by atoms with Crippen molar-refractivity contribution in [3.8, 4) is 17.2 Å². The molecule has 1 saturated heterocycles. The fraction of sp³-hybridized carbons (Fsp3) is 0.148. The van der Waals surface area contributed by atoms with Crippen LogP contribution in [0.25, 0.3) is 6.08 Å². The third kappa shape index (κ3) is 5.94. The van der Waals surface area contributed by atoms with Gasteiger partial charge in [-0.25, -0.2) is 14.1 Å². The second-order valence-electron chi connectivity index (χ2n) is 8.03. The standard InChI is InChI=1S/C27H23BrFN3O6/c1-36-22-10-6-5-9-20(22)30-25(33)14-32-26(34)21(31-27(32)35)11-17-12-23(37-2)24(13-18(17)28)38-15-16-7-3-4-8-19(16)29/h3-13H,14-15H2,1-2H3,(H,30,33)(H,31,35)/b21-11+. The lowest BCUT2D eigenvalue weighted by atomic mass is 10.1. The first-order valence-electron chi connectivity index (χ1n) is 11.3. The maximum absolute atomic E-state index is 13.9. The van der Waals surface area contributed by atoms with E-state index in [9.17, 15) is 18.8 Å². The molecule has 0 saturated carbocycles. The molecule has 4 rings (SSSR count). The number of carbonyl (C=O) groups is 3. The summed E-state index contributed by atoms with van der Waals surface area (Å²) < 4.78 is 30.8. The summed E-state index contributed by atoms with van der Waals surface area (Å²) in [6, 6.07) is 15.5. The van der Waals surface area contributed by atoms with Crippen LogP contribution in [0, 0.1) is 5.82 Å². The Morgan fingerprint density at radius 2 is 1.74 bits per heavy atom. The van der Waals surface area contributed by atoms with Gasteiger partial charge in [-0.3, -0.25) is 9.59 Å². The van der Waals surface area contributed by atoms with E-state index >= 15 is 0 Å². The average Bonchev–Trinajstić information content (AvgIpc) is 3.16. The minimum Gasteiger partial charge on any atom is -0.495 e. The van der Waals surface area contributed by atoms with Gasteiger partial charge in [-0.1, -0.05) is 46.3 Å². The summed E-state index contributed by atoms with van der Waals surface area (Å²) >= 11 is 3.43. The van der Waals surface area contributed by atoms with Crippen LogP contribution in [0.5, 0.6) is 17.2 Å². The van der Waals surface area contributed by atoms with Crippen molar-refractivity contribution >= 4 is 45.5 Å². The molecule has 9 nitrogen and oxygen atoms in total. The summed E-state index contributed by atoms with van der Waals surface area (Å²) in [5.74, 6) is -0.501. The van der Waals surface area contributed by atoms with Gasteiger partial charge in [0.2, 0.25) is 5.91 Å². The van der Waals surface area contributed by atoms with Crippen molar-refractivity contribution in [2.24, 2.45) is 0 Å². The van der Waals surface area contributed by atoms with Gasteiger partial charge in [0.15, 0.2) is 11.5 Å². The predicted molar refractivity (Wildman–Crippen MR) is 141 cm³/mol. The van der Waals surface area contributed by atoms with Crippen molar-refractivity contribution < 1.29 is 33.0 Å². The van der Waals surface area contributed by atoms with Gasteiger partial charge < -0.3 is 24.8 Å². The number of benzene rings is 3. The maximum Gasteiger partial charge on any atom is 0.329 e. The number of hydrogen-bond donors (Lipinski definition) is 2. The largest absolute Gasteiger partial charge is 0.495 e. The van der Waals surface area contributed by atoms with E-state index in [4.69, 9.17) is 14.2 Å². The Labute approximate surface area is 226 Å². The Morgan fingerprint density at radius 1 is 1.03 bits per heavy atom. The van der Waals surface area contributed by atoms with E-state index in [0.29, 0.717) is 38.5 Å². The summed E-state index contributed by atoms with van der Waals surface area (Å²) in [5.41, 5.74) is 1.27. The topological polar surface area (TPSA) is 106 Å². The number of para-hydroxylation sites is 2. The second kappa shape index (κ2) is 11.8. The van der Waals surface area contributed by atoms with Gasteiger partial charge in [-0.05, 0) is 42.0 Å². The molecule has 0 bridgehead atoms. The third-order valence-corrected chi connectivity index (χ3v) is 6.26. The molecule has 2 N–H and O–H groups in total. The quantitative estimate of drug-likeness (QED) is 0.279. The summed E-state index contributed by atoms with van der Waals surface area (Å²) in [6.45, 7) is -0.510. The number of amides is 4. The monoisotopic (exact) mass is 583 g/mol. The van der Waals surface area contributed by atoms with Gasteiger partial charge in [0.25, 0.3) is 5.91 Å². The first-order chi connectivity index (χ1) is 18.3. The zero-order chi connectivity index (χ0) is 27.2. The molecule has 196 valence electrons. The summed E-state index contributed by atoms with van der Waals surface area (Å²) in [5, 5.41) is 5.12. The number of ether oxygens (including phenoxy) is 3. The number of halogens is 2. The van der Waals surface area contributed by atoms with Crippen molar-refractivity contribution in [1.82, 2.24) is 10.2 Å². The van der Waals surface area contributed by atoms with E-state index in [1.165, 1.54) is 26.4 Å². The number of imide groups is 1. The number of anilines is 1. The van der Waals surface area contributed by atoms with Crippen molar-refractivity contribution in [2.45, 2.75) is 6.61 Å². The van der Waals surface area contributed by atoms with Crippen molar-refractivity contribution in [3.63, 3.8) is 0 Å². The van der Waals surface area contributed by atoms with E-state index in [0.717, 1.165) is 4.90 Å². The Balaban J connectivity index is 1.48. The van der Waals surface area contributed by atoms with Crippen molar-refractivity contribution in [2.75, 3.05) is 26.1 Å². The molecular formula is C27H23BrFN3O6. The van der Waals surface area contributed by atoms with Gasteiger partial charge >= 0.3 is 6.03 Å². The lowest BCUT2D eigenvalue weighted by molar-refractivity contribution is -0.127. The Morgan fingerprint density at radius 3 is 2.47 bits per heavy atom. The smallest absolute Gasteiger partial charge is 0.329 e. The summed E-state index contributed by atoms with van der Waals surface area (Å²) in [6.07, 6.45) is 1.45. The second-order valence-corrected chi connectivity index (χ2v) is 8.89. The summed E-state index contributed by atoms with van der Waals surface area (Å²) in [7, 11) is 2.91. The molecule has 3 aromatic rings. The fourth-order valence-electron chi connectivity index (χ4n) is 3.66. The van der Waals surface area contributed by atoms with Crippen molar-refractivity contribution in [1.29, 1.82) is 0 Å². The van der Waals surface area contributed by atoms with Crippen LogP contribution in [-0.2, 0) is 16.2 Å². The molecule has 11 heteroatoms. The highest BCUT2D eigenvalue weighted by atomic mass is 79.9. The van der Waals surface area contributed by atoms with Gasteiger partial charge in [-0.2, -0.15) is 0 Å². The number of hydrogen-bond acceptors (Lipinski definition) is 6. The molecule has 0 spiro atoms. The molecule has 1 aliphatic rings. The molecule has 0 unspecified atom stereocenters. The van der Waals surface area contributed by atoms with Crippen LogP contribution >= 0.6 is 15.9 Å².